The Labute approximate surface area is 65.1 Å². The third-order valence-electron chi connectivity index (χ3n) is 1.84. The van der Waals surface area contributed by atoms with E-state index >= 15 is 0 Å². The van der Waals surface area contributed by atoms with Crippen LogP contribution in [0.25, 0.3) is 0 Å². The molecule has 0 aliphatic heterocycles. The number of hydrogen-bond donors (Lipinski definition) is 0. The molecule has 0 bridgehead atoms. The van der Waals surface area contributed by atoms with Crippen LogP contribution < -0.4 is 0 Å². The molecule has 56 valence electrons. The summed E-state index contributed by atoms with van der Waals surface area (Å²) in [4.78, 5) is 0. The molecule has 0 aliphatic rings. The number of hydrogen-bond acceptors (Lipinski definition) is 1. The molecule has 0 saturated heterocycles. The summed E-state index contributed by atoms with van der Waals surface area (Å²) in [6.07, 6.45) is 0. The Hall–Kier alpha value is -1.36. The number of nitriles is 1. The molecular formula is C9H8FN. The number of rotatable bonds is 0. The zero-order valence-electron chi connectivity index (χ0n) is 6.48. The molecule has 0 fully saturated rings. The van der Waals surface area contributed by atoms with Gasteiger partial charge >= 0.3 is 0 Å². The molecule has 0 saturated carbocycles. The van der Waals surface area contributed by atoms with Crippen molar-refractivity contribution in [1.82, 2.24) is 0 Å². The lowest BCUT2D eigenvalue weighted by Gasteiger charge is -2.01. The zero-order valence-corrected chi connectivity index (χ0v) is 6.48. The van der Waals surface area contributed by atoms with Gasteiger partial charge in [-0.25, -0.2) is 4.39 Å². The van der Waals surface area contributed by atoms with Gasteiger partial charge in [-0.15, -0.1) is 0 Å². The van der Waals surface area contributed by atoms with E-state index in [0.717, 1.165) is 5.56 Å². The molecule has 2 heteroatoms. The van der Waals surface area contributed by atoms with Gasteiger partial charge < -0.3 is 0 Å². The number of benzene rings is 1. The van der Waals surface area contributed by atoms with E-state index in [1.807, 2.05) is 6.07 Å². The summed E-state index contributed by atoms with van der Waals surface area (Å²) in [6, 6.07) is 4.81. The first-order valence-corrected chi connectivity index (χ1v) is 3.32. The molecule has 0 heterocycles. The van der Waals surface area contributed by atoms with E-state index in [2.05, 4.69) is 0 Å². The maximum absolute atomic E-state index is 12.8. The van der Waals surface area contributed by atoms with Crippen molar-refractivity contribution >= 4 is 0 Å². The van der Waals surface area contributed by atoms with Gasteiger partial charge in [0.1, 0.15) is 5.82 Å². The highest BCUT2D eigenvalue weighted by molar-refractivity contribution is 5.41. The fraction of sp³-hybridized carbons (Fsp3) is 0.222. The van der Waals surface area contributed by atoms with E-state index in [1.54, 1.807) is 13.8 Å². The Balaban J connectivity index is 3.40. The van der Waals surface area contributed by atoms with E-state index in [4.69, 9.17) is 5.26 Å². The Bertz CT molecular complexity index is 323. The fourth-order valence-electron chi connectivity index (χ4n) is 0.909. The molecule has 0 atom stereocenters. The highest BCUT2D eigenvalue weighted by Gasteiger charge is 2.03. The van der Waals surface area contributed by atoms with Crippen molar-refractivity contribution in [3.63, 3.8) is 0 Å². The van der Waals surface area contributed by atoms with Crippen molar-refractivity contribution in [2.45, 2.75) is 13.8 Å². The molecule has 0 amide bonds. The average molecular weight is 149 g/mol. The van der Waals surface area contributed by atoms with Crippen LogP contribution in [-0.2, 0) is 0 Å². The van der Waals surface area contributed by atoms with Crippen molar-refractivity contribution in [1.29, 1.82) is 5.26 Å². The van der Waals surface area contributed by atoms with Gasteiger partial charge in [0, 0.05) is 0 Å². The molecular weight excluding hydrogens is 141 g/mol. The first-order valence-electron chi connectivity index (χ1n) is 3.32. The minimum Gasteiger partial charge on any atom is -0.207 e. The summed E-state index contributed by atoms with van der Waals surface area (Å²) in [5, 5.41) is 8.56. The second-order valence-corrected chi connectivity index (χ2v) is 2.46. The quantitative estimate of drug-likeness (QED) is 0.555. The topological polar surface area (TPSA) is 23.8 Å². The molecule has 11 heavy (non-hydrogen) atoms. The zero-order chi connectivity index (χ0) is 8.43. The molecule has 0 N–H and O–H groups in total. The fourth-order valence-corrected chi connectivity index (χ4v) is 0.909. The van der Waals surface area contributed by atoms with Gasteiger partial charge in [0.2, 0.25) is 0 Å². The van der Waals surface area contributed by atoms with Crippen LogP contribution >= 0.6 is 0 Å². The van der Waals surface area contributed by atoms with Crippen LogP contribution in [0.1, 0.15) is 16.7 Å². The van der Waals surface area contributed by atoms with E-state index in [9.17, 15) is 4.39 Å². The molecule has 1 rings (SSSR count). The molecule has 1 aromatic carbocycles. The van der Waals surface area contributed by atoms with Gasteiger partial charge in [-0.3, -0.25) is 0 Å². The monoisotopic (exact) mass is 149 g/mol. The smallest absolute Gasteiger partial charge is 0.126 e. The van der Waals surface area contributed by atoms with Crippen LogP contribution in [0.3, 0.4) is 0 Å². The Morgan fingerprint density at radius 1 is 1.27 bits per heavy atom. The van der Waals surface area contributed by atoms with Crippen LogP contribution in [-0.4, -0.2) is 0 Å². The van der Waals surface area contributed by atoms with Gasteiger partial charge in [-0.2, -0.15) is 5.26 Å². The predicted octanol–water partition coefficient (Wildman–Crippen LogP) is 2.31. The van der Waals surface area contributed by atoms with Crippen molar-refractivity contribution in [2.24, 2.45) is 0 Å². The SMILES string of the molecule is Cc1c(F)ccc(C#N)c1C. The lowest BCUT2D eigenvalue weighted by molar-refractivity contribution is 0.616. The molecule has 0 aliphatic carbocycles. The third kappa shape index (κ3) is 1.22. The van der Waals surface area contributed by atoms with Crippen LogP contribution in [0, 0.1) is 31.0 Å². The minimum absolute atomic E-state index is 0.249. The number of nitrogens with zero attached hydrogens (tertiary/aromatic N) is 1. The lowest BCUT2D eigenvalue weighted by atomic mass is 10.0. The lowest BCUT2D eigenvalue weighted by Crippen LogP contribution is -1.90. The van der Waals surface area contributed by atoms with E-state index < -0.39 is 0 Å². The molecule has 1 aromatic rings. The Kier molecular flexibility index (Phi) is 1.91. The van der Waals surface area contributed by atoms with Crippen LogP contribution in [0.4, 0.5) is 4.39 Å². The number of halogens is 1. The standard InChI is InChI=1S/C9H8FN/c1-6-7(2)9(10)4-3-8(6)5-11/h3-4H,1-2H3. The summed E-state index contributed by atoms with van der Waals surface area (Å²) in [5.41, 5.74) is 1.83. The van der Waals surface area contributed by atoms with E-state index in [1.165, 1.54) is 12.1 Å². The normalized spacial score (nSPS) is 9.27. The molecule has 0 spiro atoms. The van der Waals surface area contributed by atoms with Crippen molar-refractivity contribution in [2.75, 3.05) is 0 Å². The molecule has 1 nitrogen and oxygen atoms in total. The average Bonchev–Trinajstić information content (AvgIpc) is 2.01. The maximum Gasteiger partial charge on any atom is 0.126 e. The Morgan fingerprint density at radius 3 is 2.45 bits per heavy atom. The van der Waals surface area contributed by atoms with Crippen LogP contribution in [0.2, 0.25) is 0 Å². The maximum atomic E-state index is 12.8. The first-order chi connectivity index (χ1) is 5.16. The summed E-state index contributed by atoms with van der Waals surface area (Å²) in [7, 11) is 0. The molecule has 0 unspecified atom stereocenters. The summed E-state index contributed by atoms with van der Waals surface area (Å²) >= 11 is 0. The van der Waals surface area contributed by atoms with Gasteiger partial charge in [0.25, 0.3) is 0 Å². The molecule has 0 aromatic heterocycles. The first kappa shape index (κ1) is 7.74. The molecule has 0 radical (unpaired) electrons. The van der Waals surface area contributed by atoms with Crippen LogP contribution in [0.5, 0.6) is 0 Å². The van der Waals surface area contributed by atoms with Gasteiger partial charge in [-0.1, -0.05) is 0 Å². The van der Waals surface area contributed by atoms with Gasteiger partial charge in [-0.05, 0) is 37.1 Å². The van der Waals surface area contributed by atoms with E-state index in [-0.39, 0.29) is 5.82 Å². The summed E-state index contributed by atoms with van der Waals surface area (Å²) in [6.45, 7) is 3.42. The second-order valence-electron chi connectivity index (χ2n) is 2.46. The van der Waals surface area contributed by atoms with Gasteiger partial charge in [0.15, 0.2) is 0 Å². The van der Waals surface area contributed by atoms with Crippen molar-refractivity contribution in [3.8, 4) is 6.07 Å². The minimum atomic E-state index is -0.249. The highest BCUT2D eigenvalue weighted by atomic mass is 19.1. The van der Waals surface area contributed by atoms with Crippen molar-refractivity contribution < 1.29 is 4.39 Å². The van der Waals surface area contributed by atoms with Crippen molar-refractivity contribution in [3.05, 3.63) is 34.6 Å². The third-order valence-corrected chi connectivity index (χ3v) is 1.84. The van der Waals surface area contributed by atoms with Gasteiger partial charge in [0.05, 0.1) is 11.6 Å². The van der Waals surface area contributed by atoms with Crippen LogP contribution in [0.15, 0.2) is 12.1 Å². The predicted molar refractivity (Wildman–Crippen MR) is 40.6 cm³/mol. The highest BCUT2D eigenvalue weighted by Crippen LogP contribution is 2.14. The second kappa shape index (κ2) is 2.71. The largest absolute Gasteiger partial charge is 0.207 e. The summed E-state index contributed by atoms with van der Waals surface area (Å²) < 4.78 is 12.8. The Morgan fingerprint density at radius 2 is 1.91 bits per heavy atom. The van der Waals surface area contributed by atoms with E-state index in [0.29, 0.717) is 11.1 Å². The summed E-state index contributed by atoms with van der Waals surface area (Å²) in [5.74, 6) is -0.249.